The molecule has 51 heavy (non-hydrogen) atoms. The minimum absolute atomic E-state index is 0.0433. The highest BCUT2D eigenvalue weighted by Gasteiger charge is 2.44. The molecule has 13 heteroatoms. The van der Waals surface area contributed by atoms with Crippen LogP contribution < -0.4 is 10.7 Å². The molecule has 3 amide bonds. The van der Waals surface area contributed by atoms with Crippen LogP contribution in [0.3, 0.4) is 0 Å². The van der Waals surface area contributed by atoms with E-state index >= 15 is 0 Å². The number of fused-ring (bicyclic) bond motifs is 1. The number of hydrogen-bond donors (Lipinski definition) is 3. The highest BCUT2D eigenvalue weighted by atomic mass is 16.7. The van der Waals surface area contributed by atoms with Gasteiger partial charge in [0, 0.05) is 31.9 Å². The van der Waals surface area contributed by atoms with Gasteiger partial charge in [-0.2, -0.15) is 0 Å². The smallest absolute Gasteiger partial charge is 0.422 e. The van der Waals surface area contributed by atoms with Crippen LogP contribution in [-0.2, 0) is 36.7 Å². The van der Waals surface area contributed by atoms with Gasteiger partial charge in [-0.15, -0.1) is 0 Å². The summed E-state index contributed by atoms with van der Waals surface area (Å²) in [6, 6.07) is 21.3. The predicted octanol–water partition coefficient (Wildman–Crippen LogP) is 4.15. The summed E-state index contributed by atoms with van der Waals surface area (Å²) in [6.45, 7) is 6.46. The Hall–Kier alpha value is -4.56. The summed E-state index contributed by atoms with van der Waals surface area (Å²) in [5.41, 5.74) is 5.69. The van der Waals surface area contributed by atoms with Crippen LogP contribution in [-0.4, -0.2) is 103 Å². The number of aliphatic hydroxyl groups is 1. The fourth-order valence-corrected chi connectivity index (χ4v) is 6.45. The Balaban J connectivity index is 1.38. The zero-order valence-electron chi connectivity index (χ0n) is 29.9. The monoisotopic (exact) mass is 703 g/mol. The van der Waals surface area contributed by atoms with Crippen molar-refractivity contribution in [3.8, 4) is 11.3 Å². The normalized spacial score (nSPS) is 20.2. The average molecular weight is 704 g/mol. The molecule has 6 atom stereocenters. The predicted molar refractivity (Wildman–Crippen MR) is 189 cm³/mol. The van der Waals surface area contributed by atoms with Crippen molar-refractivity contribution in [2.45, 2.75) is 70.7 Å². The van der Waals surface area contributed by atoms with Crippen molar-refractivity contribution in [3.63, 3.8) is 0 Å². The van der Waals surface area contributed by atoms with Gasteiger partial charge in [0.05, 0.1) is 44.1 Å². The second kappa shape index (κ2) is 17.1. The number of amides is 3. The molecule has 1 aromatic heterocycles. The molecular formula is C38H49N5O8. The molecule has 3 aromatic rings. The van der Waals surface area contributed by atoms with Crippen LogP contribution in [0.25, 0.3) is 11.3 Å². The van der Waals surface area contributed by atoms with E-state index in [-0.39, 0.29) is 31.9 Å². The Bertz CT molecular complexity index is 1590. The van der Waals surface area contributed by atoms with Gasteiger partial charge >= 0.3 is 12.2 Å². The molecule has 2 aliphatic rings. The van der Waals surface area contributed by atoms with Gasteiger partial charge in [0.1, 0.15) is 12.1 Å². The van der Waals surface area contributed by atoms with Gasteiger partial charge in [0.25, 0.3) is 0 Å². The molecular weight excluding hydrogens is 654 g/mol. The number of aromatic nitrogens is 1. The first-order chi connectivity index (χ1) is 24.4. The van der Waals surface area contributed by atoms with Gasteiger partial charge in [0.2, 0.25) is 5.91 Å². The Morgan fingerprint density at radius 1 is 0.980 bits per heavy atom. The summed E-state index contributed by atoms with van der Waals surface area (Å²) >= 11 is 0. The number of ether oxygens (including phenoxy) is 4. The number of alkyl carbamates (subject to hydrolysis) is 1. The Morgan fingerprint density at radius 3 is 2.37 bits per heavy atom. The summed E-state index contributed by atoms with van der Waals surface area (Å²) in [4.78, 5) is 45.6. The number of benzene rings is 2. The van der Waals surface area contributed by atoms with Crippen LogP contribution in [0, 0.1) is 11.3 Å². The third-order valence-corrected chi connectivity index (χ3v) is 9.33. The molecule has 13 nitrogen and oxygen atoms in total. The molecule has 2 fully saturated rings. The summed E-state index contributed by atoms with van der Waals surface area (Å²) in [5, 5.41) is 16.2. The summed E-state index contributed by atoms with van der Waals surface area (Å²) in [6.07, 6.45) is -0.651. The lowest BCUT2D eigenvalue weighted by Gasteiger charge is -2.39. The second-order valence-corrected chi connectivity index (χ2v) is 14.1. The van der Waals surface area contributed by atoms with Gasteiger partial charge in [-0.05, 0) is 41.5 Å². The van der Waals surface area contributed by atoms with Crippen LogP contribution in [0.2, 0.25) is 0 Å². The standard InChI is InChI=1S/C38H49N5O8/c1-38(2,3)33(40-36(46)48-5)34(45)42(4)30(21-25-11-7-6-8-12-25)31(44)23-43(41-37(47)51-32-24-50-35-28(32)18-20-49-35)22-26-14-16-27(17-15-26)29-13-9-10-19-39-29/h6-17,19,28,30-33,35,44H,18,20-24H2,1-5H3,(H,40,46)(H,41,47)/t28-,30-,31-,32-,33+,35+/m0/s1. The maximum Gasteiger partial charge on any atom is 0.422 e. The van der Waals surface area contributed by atoms with Gasteiger partial charge in [-0.1, -0.05) is 81.4 Å². The SMILES string of the molecule is COC(=O)N[C@H](C(=O)N(C)[C@@H](Cc1ccccc1)[C@@H](O)CN(Cc1ccc(-c2ccccn2)cc1)NC(=O)O[C@H]1CO[C@H]2OCC[C@H]21)C(C)(C)C. The first-order valence-corrected chi connectivity index (χ1v) is 17.2. The van der Waals surface area contributed by atoms with E-state index in [0.717, 1.165) is 28.8 Å². The number of carbonyl (C=O) groups is 3. The number of nitrogens with zero attached hydrogens (tertiary/aromatic N) is 3. The van der Waals surface area contributed by atoms with Crippen LogP contribution in [0.5, 0.6) is 0 Å². The van der Waals surface area contributed by atoms with E-state index in [1.165, 1.54) is 12.0 Å². The molecule has 3 N–H and O–H groups in total. The molecule has 2 aromatic carbocycles. The summed E-state index contributed by atoms with van der Waals surface area (Å²) in [7, 11) is 2.85. The Labute approximate surface area is 299 Å². The average Bonchev–Trinajstić information content (AvgIpc) is 3.74. The van der Waals surface area contributed by atoms with E-state index in [1.807, 2.05) is 93.6 Å². The van der Waals surface area contributed by atoms with Crippen molar-refractivity contribution in [1.82, 2.24) is 25.6 Å². The Kier molecular flexibility index (Phi) is 12.6. The zero-order chi connectivity index (χ0) is 36.5. The fourth-order valence-electron chi connectivity index (χ4n) is 6.45. The zero-order valence-corrected chi connectivity index (χ0v) is 29.9. The minimum Gasteiger partial charge on any atom is -0.453 e. The number of rotatable bonds is 13. The third-order valence-electron chi connectivity index (χ3n) is 9.33. The van der Waals surface area contributed by atoms with E-state index in [0.29, 0.717) is 13.0 Å². The largest absolute Gasteiger partial charge is 0.453 e. The molecule has 2 saturated heterocycles. The molecule has 274 valence electrons. The van der Waals surface area contributed by atoms with Gasteiger partial charge in [-0.25, -0.2) is 14.6 Å². The number of aliphatic hydroxyl groups excluding tert-OH is 1. The molecule has 3 heterocycles. The van der Waals surface area contributed by atoms with E-state index in [2.05, 4.69) is 15.7 Å². The second-order valence-electron chi connectivity index (χ2n) is 14.1. The lowest BCUT2D eigenvalue weighted by molar-refractivity contribution is -0.139. The molecule has 0 saturated carbocycles. The minimum atomic E-state index is -1.16. The van der Waals surface area contributed by atoms with E-state index in [1.54, 1.807) is 18.3 Å². The number of pyridine rings is 1. The van der Waals surface area contributed by atoms with Crippen molar-refractivity contribution in [3.05, 3.63) is 90.1 Å². The van der Waals surface area contributed by atoms with Crippen molar-refractivity contribution < 1.29 is 38.4 Å². The number of carbonyl (C=O) groups excluding carboxylic acids is 3. The number of likely N-dealkylation sites (N-methyl/N-ethyl adjacent to an activating group) is 1. The molecule has 0 radical (unpaired) electrons. The van der Waals surface area contributed by atoms with E-state index in [9.17, 15) is 19.5 Å². The molecule has 5 rings (SSSR count). The maximum absolute atomic E-state index is 14.1. The van der Waals surface area contributed by atoms with Crippen molar-refractivity contribution >= 4 is 18.1 Å². The molecule has 0 spiro atoms. The van der Waals surface area contributed by atoms with Gasteiger partial charge in [0.15, 0.2) is 6.29 Å². The number of methoxy groups -OCH3 is 1. The first kappa shape index (κ1) is 37.7. The summed E-state index contributed by atoms with van der Waals surface area (Å²) in [5.74, 6) is -0.440. The molecule has 2 aliphatic heterocycles. The quantitative estimate of drug-likeness (QED) is 0.222. The third kappa shape index (κ3) is 10.0. The topological polar surface area (TPSA) is 152 Å². The summed E-state index contributed by atoms with van der Waals surface area (Å²) < 4.78 is 21.9. The number of nitrogens with one attached hydrogen (secondary N) is 2. The van der Waals surface area contributed by atoms with Crippen LogP contribution in [0.4, 0.5) is 9.59 Å². The molecule has 0 bridgehead atoms. The van der Waals surface area contributed by atoms with Crippen LogP contribution in [0.1, 0.15) is 38.3 Å². The lowest BCUT2D eigenvalue weighted by atomic mass is 9.85. The maximum atomic E-state index is 14.1. The van der Waals surface area contributed by atoms with Crippen molar-refractivity contribution in [2.75, 3.05) is 33.9 Å². The molecule has 0 aliphatic carbocycles. The van der Waals surface area contributed by atoms with Crippen molar-refractivity contribution in [1.29, 1.82) is 0 Å². The first-order valence-electron chi connectivity index (χ1n) is 17.2. The van der Waals surface area contributed by atoms with E-state index < -0.39 is 47.8 Å². The highest BCUT2D eigenvalue weighted by Crippen LogP contribution is 2.33. The lowest BCUT2D eigenvalue weighted by Crippen LogP contribution is -2.59. The highest BCUT2D eigenvalue weighted by molar-refractivity contribution is 5.86. The van der Waals surface area contributed by atoms with Gasteiger partial charge < -0.3 is 34.3 Å². The fraction of sp³-hybridized carbons (Fsp3) is 0.474. The van der Waals surface area contributed by atoms with Crippen molar-refractivity contribution in [2.24, 2.45) is 11.3 Å². The Morgan fingerprint density at radius 2 is 1.71 bits per heavy atom. The van der Waals surface area contributed by atoms with Gasteiger partial charge in [-0.3, -0.25) is 15.2 Å². The number of hydrazine groups is 1. The number of hydrogen-bond acceptors (Lipinski definition) is 10. The molecule has 0 unspecified atom stereocenters. The van der Waals surface area contributed by atoms with Crippen LogP contribution >= 0.6 is 0 Å². The van der Waals surface area contributed by atoms with E-state index in [4.69, 9.17) is 18.9 Å². The van der Waals surface area contributed by atoms with Crippen LogP contribution in [0.15, 0.2) is 79.0 Å².